The number of nitrogens with zero attached hydrogens (tertiary/aromatic N) is 4. The lowest BCUT2D eigenvalue weighted by molar-refractivity contribution is 0.102. The van der Waals surface area contributed by atoms with Crippen molar-refractivity contribution in [1.82, 2.24) is 15.0 Å². The molecule has 0 aromatic carbocycles. The van der Waals surface area contributed by atoms with Gasteiger partial charge in [0.1, 0.15) is 33.5 Å². The Kier molecular flexibility index (Phi) is 5.43. The number of hydrogen-bond donors (Lipinski definition) is 4. The minimum absolute atomic E-state index is 0.00513. The first-order valence-electron chi connectivity index (χ1n) is 8.84. The van der Waals surface area contributed by atoms with Crippen LogP contribution < -0.4 is 15.8 Å². The lowest BCUT2D eigenvalue weighted by atomic mass is 9.94. The van der Waals surface area contributed by atoms with Crippen molar-refractivity contribution in [1.29, 1.82) is 0 Å². The summed E-state index contributed by atoms with van der Waals surface area (Å²) < 4.78 is 39.6. The molecule has 162 valence electrons. The van der Waals surface area contributed by atoms with E-state index >= 15 is 0 Å². The number of methoxy groups -OCH3 is 1. The van der Waals surface area contributed by atoms with E-state index in [0.717, 1.165) is 6.20 Å². The normalized spacial score (nSPS) is 23.2. The monoisotopic (exact) mass is 438 g/mol. The lowest BCUT2D eigenvalue weighted by Gasteiger charge is -2.53. The Balaban J connectivity index is 1.93. The summed E-state index contributed by atoms with van der Waals surface area (Å²) in [5.74, 6) is -1.27. The van der Waals surface area contributed by atoms with Gasteiger partial charge >= 0.3 is 0 Å². The summed E-state index contributed by atoms with van der Waals surface area (Å²) in [4.78, 5) is 28.5. The summed E-state index contributed by atoms with van der Waals surface area (Å²) in [6.45, 7) is 4.69. The van der Waals surface area contributed by atoms with Crippen LogP contribution in [0.5, 0.6) is 5.88 Å². The second kappa shape index (κ2) is 7.45. The fourth-order valence-corrected chi connectivity index (χ4v) is 4.69. The largest absolute Gasteiger partial charge is 0.480 e. The minimum atomic E-state index is -3.23. The number of carbonyl (C=O) groups is 1. The number of nitrogens with one attached hydrogen (secondary N) is 1. The molecule has 1 atom stereocenters. The predicted molar refractivity (Wildman–Crippen MR) is 112 cm³/mol. The van der Waals surface area contributed by atoms with Gasteiger partial charge in [0.25, 0.3) is 5.91 Å². The fourth-order valence-electron chi connectivity index (χ4n) is 2.95. The number of halogens is 1. The van der Waals surface area contributed by atoms with Crippen LogP contribution >= 0.6 is 10.6 Å². The molecule has 0 saturated carbocycles. The van der Waals surface area contributed by atoms with Crippen LogP contribution in [-0.2, 0) is 5.54 Å². The third-order valence-electron chi connectivity index (χ3n) is 5.03. The van der Waals surface area contributed by atoms with Gasteiger partial charge < -0.3 is 15.8 Å². The SMILES string of the molecule is COc1cnc(C(=O)Nc2cc(C3(C)CS(O)(O)C(C)(C)C(N)=N3)c(F)cn2)cn1. The van der Waals surface area contributed by atoms with Gasteiger partial charge in [-0.1, -0.05) is 0 Å². The summed E-state index contributed by atoms with van der Waals surface area (Å²) in [5, 5.41) is 2.51. The molecule has 2 aromatic rings. The third-order valence-corrected chi connectivity index (χ3v) is 7.84. The van der Waals surface area contributed by atoms with Crippen LogP contribution in [0.15, 0.2) is 29.6 Å². The van der Waals surface area contributed by atoms with Crippen molar-refractivity contribution in [2.24, 2.45) is 10.7 Å². The molecule has 0 spiro atoms. The molecule has 0 radical (unpaired) electrons. The molecule has 0 fully saturated rings. The zero-order valence-electron chi connectivity index (χ0n) is 16.9. The molecule has 12 heteroatoms. The van der Waals surface area contributed by atoms with Gasteiger partial charge in [-0.2, -0.15) is 10.6 Å². The van der Waals surface area contributed by atoms with Gasteiger partial charge in [0.05, 0.1) is 31.5 Å². The highest BCUT2D eigenvalue weighted by molar-refractivity contribution is 8.26. The fraction of sp³-hybridized carbons (Fsp3) is 0.389. The van der Waals surface area contributed by atoms with Crippen LogP contribution in [-0.4, -0.2) is 53.4 Å². The lowest BCUT2D eigenvalue weighted by Crippen LogP contribution is -2.52. The van der Waals surface area contributed by atoms with Crippen molar-refractivity contribution in [3.05, 3.63) is 41.7 Å². The average Bonchev–Trinajstić information content (AvgIpc) is 2.67. The van der Waals surface area contributed by atoms with E-state index in [0.29, 0.717) is 0 Å². The Bertz CT molecular complexity index is 1010. The molecule has 1 aliphatic rings. The number of nitrogens with two attached hydrogens (primary N) is 1. The van der Waals surface area contributed by atoms with Crippen LogP contribution in [0.4, 0.5) is 10.2 Å². The van der Waals surface area contributed by atoms with E-state index in [-0.39, 0.29) is 34.5 Å². The molecule has 10 nitrogen and oxygen atoms in total. The molecule has 0 aliphatic carbocycles. The molecule has 2 aromatic heterocycles. The van der Waals surface area contributed by atoms with E-state index in [1.54, 1.807) is 20.8 Å². The van der Waals surface area contributed by atoms with Crippen LogP contribution in [0.3, 0.4) is 0 Å². The zero-order valence-corrected chi connectivity index (χ0v) is 17.7. The van der Waals surface area contributed by atoms with Gasteiger partial charge in [-0.3, -0.25) is 18.9 Å². The highest BCUT2D eigenvalue weighted by atomic mass is 32.3. The number of rotatable bonds is 4. The van der Waals surface area contributed by atoms with E-state index in [1.807, 2.05) is 0 Å². The number of amidine groups is 1. The number of aromatic nitrogens is 3. The maximum absolute atomic E-state index is 14.6. The van der Waals surface area contributed by atoms with E-state index < -0.39 is 32.6 Å². The van der Waals surface area contributed by atoms with Crippen molar-refractivity contribution >= 4 is 28.2 Å². The average molecular weight is 438 g/mol. The Morgan fingerprint density at radius 1 is 1.23 bits per heavy atom. The summed E-state index contributed by atoms with van der Waals surface area (Å²) in [7, 11) is -1.81. The molecule has 1 unspecified atom stereocenters. The van der Waals surface area contributed by atoms with Crippen LogP contribution in [0, 0.1) is 5.82 Å². The Morgan fingerprint density at radius 2 is 1.93 bits per heavy atom. The molecular weight excluding hydrogens is 415 g/mol. The van der Waals surface area contributed by atoms with Gasteiger partial charge in [-0.15, -0.1) is 0 Å². The van der Waals surface area contributed by atoms with E-state index in [2.05, 4.69) is 25.3 Å². The number of hydrogen-bond acceptors (Lipinski definition) is 9. The molecule has 3 heterocycles. The predicted octanol–water partition coefficient (Wildman–Crippen LogP) is 2.39. The summed E-state index contributed by atoms with van der Waals surface area (Å²) in [6.07, 6.45) is 3.43. The van der Waals surface area contributed by atoms with E-state index in [1.165, 1.54) is 25.6 Å². The van der Waals surface area contributed by atoms with Gasteiger partial charge in [0.15, 0.2) is 0 Å². The summed E-state index contributed by atoms with van der Waals surface area (Å²) in [6, 6.07) is 1.29. The molecule has 30 heavy (non-hydrogen) atoms. The van der Waals surface area contributed by atoms with Crippen molar-refractivity contribution in [2.45, 2.75) is 31.1 Å². The molecule has 1 aliphatic heterocycles. The number of anilines is 1. The molecule has 3 rings (SSSR count). The van der Waals surface area contributed by atoms with Crippen molar-refractivity contribution < 1.29 is 23.0 Å². The number of aliphatic imine (C=N–C) groups is 1. The topological polar surface area (TPSA) is 156 Å². The smallest absolute Gasteiger partial charge is 0.277 e. The van der Waals surface area contributed by atoms with Gasteiger partial charge in [-0.25, -0.2) is 19.3 Å². The van der Waals surface area contributed by atoms with Gasteiger partial charge in [0, 0.05) is 5.56 Å². The Labute approximate surface area is 174 Å². The zero-order chi connectivity index (χ0) is 22.3. The van der Waals surface area contributed by atoms with Crippen molar-refractivity contribution in [2.75, 3.05) is 18.2 Å². The highest BCUT2D eigenvalue weighted by Crippen LogP contribution is 2.59. The molecule has 0 bridgehead atoms. The number of amides is 1. The molecular formula is C18H23FN6O4S. The van der Waals surface area contributed by atoms with Gasteiger partial charge in [0.2, 0.25) is 5.88 Å². The summed E-state index contributed by atoms with van der Waals surface area (Å²) in [5.41, 5.74) is 4.66. The minimum Gasteiger partial charge on any atom is -0.480 e. The number of pyridine rings is 1. The van der Waals surface area contributed by atoms with E-state index in [9.17, 15) is 18.3 Å². The second-order valence-corrected chi connectivity index (χ2v) is 10.2. The number of carbonyl (C=O) groups excluding carboxylic acids is 1. The Hall–Kier alpha value is -2.83. The third kappa shape index (κ3) is 3.80. The maximum atomic E-state index is 14.6. The van der Waals surface area contributed by atoms with E-state index in [4.69, 9.17) is 10.5 Å². The van der Waals surface area contributed by atoms with Crippen LogP contribution in [0.25, 0.3) is 0 Å². The van der Waals surface area contributed by atoms with Crippen molar-refractivity contribution in [3.63, 3.8) is 0 Å². The van der Waals surface area contributed by atoms with Crippen molar-refractivity contribution in [3.8, 4) is 5.88 Å². The first-order chi connectivity index (χ1) is 13.9. The molecule has 5 N–H and O–H groups in total. The standard InChI is InChI=1S/C18H23FN6O4S/c1-17(2)16(20)25-18(3,9-30(17,27)28)10-5-13(22-6-11(10)19)24-15(26)12-7-23-14(29-4)8-21-12/h5-8,27-28H,9H2,1-4H3,(H2,20,25)(H,22,24,26). The first kappa shape index (κ1) is 21.9. The maximum Gasteiger partial charge on any atom is 0.277 e. The molecule has 0 saturated heterocycles. The van der Waals surface area contributed by atoms with Crippen LogP contribution in [0.1, 0.15) is 36.8 Å². The van der Waals surface area contributed by atoms with Crippen LogP contribution in [0.2, 0.25) is 0 Å². The quantitative estimate of drug-likeness (QED) is 0.567. The highest BCUT2D eigenvalue weighted by Gasteiger charge is 2.49. The molecule has 1 amide bonds. The van der Waals surface area contributed by atoms with Gasteiger partial charge in [-0.05, 0) is 26.8 Å². The second-order valence-electron chi connectivity index (χ2n) is 7.54. The first-order valence-corrected chi connectivity index (χ1v) is 10.6. The summed E-state index contributed by atoms with van der Waals surface area (Å²) >= 11 is 0. The Morgan fingerprint density at radius 3 is 2.50 bits per heavy atom. The number of ether oxygens (including phenoxy) is 1.